The van der Waals surface area contributed by atoms with Gasteiger partial charge in [-0.05, 0) is 42.2 Å². The molecular weight excluding hydrogens is 436 g/mol. The van der Waals surface area contributed by atoms with E-state index in [2.05, 4.69) is 10.1 Å². The van der Waals surface area contributed by atoms with Crippen LogP contribution in [0.2, 0.25) is 5.02 Å². The highest BCUT2D eigenvalue weighted by Crippen LogP contribution is 2.37. The number of aryl methyl sites for hydroxylation is 1. The number of aromatic nitrogens is 2. The van der Waals surface area contributed by atoms with Crippen molar-refractivity contribution in [3.63, 3.8) is 0 Å². The van der Waals surface area contributed by atoms with E-state index in [1.807, 2.05) is 48.7 Å². The van der Waals surface area contributed by atoms with Gasteiger partial charge >= 0.3 is 6.03 Å². The standard InChI is InChI=1S/C22H17ClN4O3S/c1-13-5-4-6-14(11-13)27-21(28)19-17(9-10-31-19)26(22(27)29)12-18-24-20(25-30-18)15-7-2-3-8-16(15)23/h2-11,17,19H,12H2,1H3. The number of carbonyl (C=O) groups excluding carboxylic acids is 2. The normalized spacial score (nSPS) is 20.5. The number of halogens is 1. The molecule has 0 aliphatic carbocycles. The molecule has 1 saturated heterocycles. The van der Waals surface area contributed by atoms with Crippen LogP contribution in [-0.2, 0) is 11.3 Å². The van der Waals surface area contributed by atoms with E-state index in [4.69, 9.17) is 16.1 Å². The van der Waals surface area contributed by atoms with Gasteiger partial charge in [0.25, 0.3) is 5.91 Å². The van der Waals surface area contributed by atoms with E-state index in [1.54, 1.807) is 23.1 Å². The molecular formula is C22H17ClN4O3S. The maximum Gasteiger partial charge on any atom is 0.332 e. The number of hydrogen-bond donors (Lipinski definition) is 0. The van der Waals surface area contributed by atoms with Crippen LogP contribution >= 0.6 is 23.4 Å². The third-order valence-corrected chi connectivity index (χ3v) is 6.64. The molecule has 2 aliphatic heterocycles. The first-order chi connectivity index (χ1) is 15.0. The van der Waals surface area contributed by atoms with Gasteiger partial charge in [-0.2, -0.15) is 4.98 Å². The second-order valence-electron chi connectivity index (χ2n) is 7.29. The molecule has 0 N–H and O–H groups in total. The summed E-state index contributed by atoms with van der Waals surface area (Å²) in [6.07, 6.45) is 1.87. The van der Waals surface area contributed by atoms with Crippen molar-refractivity contribution in [3.05, 3.63) is 76.5 Å². The minimum atomic E-state index is -0.415. The Morgan fingerprint density at radius 3 is 2.81 bits per heavy atom. The minimum Gasteiger partial charge on any atom is -0.337 e. The monoisotopic (exact) mass is 452 g/mol. The summed E-state index contributed by atoms with van der Waals surface area (Å²) in [4.78, 5) is 33.8. The van der Waals surface area contributed by atoms with Gasteiger partial charge in [0.1, 0.15) is 11.8 Å². The molecule has 5 rings (SSSR count). The Hall–Kier alpha value is -3.10. The van der Waals surface area contributed by atoms with Gasteiger partial charge in [0.15, 0.2) is 0 Å². The Labute approximate surface area is 187 Å². The first-order valence-electron chi connectivity index (χ1n) is 9.64. The van der Waals surface area contributed by atoms with E-state index >= 15 is 0 Å². The average Bonchev–Trinajstić information content (AvgIpc) is 3.42. The van der Waals surface area contributed by atoms with E-state index in [1.165, 1.54) is 16.7 Å². The molecule has 156 valence electrons. The number of nitrogens with zero attached hydrogens (tertiary/aromatic N) is 4. The molecule has 2 unspecified atom stereocenters. The van der Waals surface area contributed by atoms with Crippen LogP contribution in [0.3, 0.4) is 0 Å². The van der Waals surface area contributed by atoms with Crippen molar-refractivity contribution < 1.29 is 14.1 Å². The molecule has 1 aromatic heterocycles. The van der Waals surface area contributed by atoms with Crippen LogP contribution in [0.1, 0.15) is 11.5 Å². The van der Waals surface area contributed by atoms with Gasteiger partial charge in [-0.1, -0.05) is 47.1 Å². The van der Waals surface area contributed by atoms with Crippen molar-refractivity contribution in [3.8, 4) is 11.4 Å². The van der Waals surface area contributed by atoms with E-state index in [0.717, 1.165) is 5.56 Å². The molecule has 1 fully saturated rings. The van der Waals surface area contributed by atoms with Crippen LogP contribution in [0.15, 0.2) is 64.5 Å². The fourth-order valence-electron chi connectivity index (χ4n) is 3.74. The van der Waals surface area contributed by atoms with Crippen molar-refractivity contribution in [2.24, 2.45) is 0 Å². The van der Waals surface area contributed by atoms with Gasteiger partial charge in [-0.3, -0.25) is 4.79 Å². The predicted octanol–water partition coefficient (Wildman–Crippen LogP) is 4.66. The first kappa shape index (κ1) is 19.8. The number of benzene rings is 2. The second-order valence-corrected chi connectivity index (χ2v) is 8.75. The van der Waals surface area contributed by atoms with Gasteiger partial charge in [0, 0.05) is 5.56 Å². The van der Waals surface area contributed by atoms with Gasteiger partial charge in [-0.15, -0.1) is 11.8 Å². The lowest BCUT2D eigenvalue weighted by atomic mass is 10.1. The van der Waals surface area contributed by atoms with Crippen molar-refractivity contribution in [2.45, 2.75) is 24.8 Å². The summed E-state index contributed by atoms with van der Waals surface area (Å²) >= 11 is 7.64. The lowest BCUT2D eigenvalue weighted by Gasteiger charge is -2.40. The fourth-order valence-corrected chi connectivity index (χ4v) is 5.00. The van der Waals surface area contributed by atoms with Crippen molar-refractivity contribution in [2.75, 3.05) is 4.90 Å². The Kier molecular flexibility index (Phi) is 5.03. The summed E-state index contributed by atoms with van der Waals surface area (Å²) in [7, 11) is 0. The van der Waals surface area contributed by atoms with Crippen molar-refractivity contribution in [1.82, 2.24) is 15.0 Å². The molecule has 0 saturated carbocycles. The van der Waals surface area contributed by atoms with Gasteiger partial charge in [0.2, 0.25) is 11.7 Å². The zero-order valence-electron chi connectivity index (χ0n) is 16.4. The molecule has 2 aromatic carbocycles. The SMILES string of the molecule is Cc1cccc(N2C(=O)C3SC=CC3N(Cc3nc(-c4ccccc4Cl)no3)C2=O)c1. The Morgan fingerprint density at radius 2 is 2.00 bits per heavy atom. The molecule has 9 heteroatoms. The number of thioether (sulfide) groups is 1. The maximum atomic E-state index is 13.4. The molecule has 3 heterocycles. The molecule has 3 amide bonds. The topological polar surface area (TPSA) is 79.5 Å². The smallest absolute Gasteiger partial charge is 0.332 e. The van der Waals surface area contributed by atoms with Crippen molar-refractivity contribution >= 4 is 41.0 Å². The molecule has 0 radical (unpaired) electrons. The zero-order chi connectivity index (χ0) is 21.5. The van der Waals surface area contributed by atoms with Crippen LogP contribution < -0.4 is 4.90 Å². The predicted molar refractivity (Wildman–Crippen MR) is 119 cm³/mol. The number of imide groups is 1. The summed E-state index contributed by atoms with van der Waals surface area (Å²) in [6, 6.07) is 13.7. The van der Waals surface area contributed by atoms with Gasteiger partial charge < -0.3 is 9.42 Å². The molecule has 0 bridgehead atoms. The number of amides is 3. The van der Waals surface area contributed by atoms with Crippen LogP contribution in [0.25, 0.3) is 11.4 Å². The minimum absolute atomic E-state index is 0.0813. The number of anilines is 1. The molecule has 3 aromatic rings. The third-order valence-electron chi connectivity index (χ3n) is 5.22. The molecule has 7 nitrogen and oxygen atoms in total. The lowest BCUT2D eigenvalue weighted by molar-refractivity contribution is -0.119. The van der Waals surface area contributed by atoms with E-state index in [-0.39, 0.29) is 24.4 Å². The summed E-state index contributed by atoms with van der Waals surface area (Å²) in [5.74, 6) is 0.393. The first-order valence-corrected chi connectivity index (χ1v) is 11.0. The van der Waals surface area contributed by atoms with Gasteiger partial charge in [-0.25, -0.2) is 9.69 Å². The third kappa shape index (κ3) is 3.51. The summed E-state index contributed by atoms with van der Waals surface area (Å²) < 4.78 is 5.41. The highest BCUT2D eigenvalue weighted by molar-refractivity contribution is 8.03. The number of fused-ring (bicyclic) bond motifs is 1. The molecule has 2 aliphatic rings. The zero-order valence-corrected chi connectivity index (χ0v) is 18.0. The quantitative estimate of drug-likeness (QED) is 0.572. The highest BCUT2D eigenvalue weighted by Gasteiger charge is 2.48. The number of hydrogen-bond acceptors (Lipinski definition) is 6. The Morgan fingerprint density at radius 1 is 1.16 bits per heavy atom. The van der Waals surface area contributed by atoms with Crippen LogP contribution in [0, 0.1) is 6.92 Å². The highest BCUT2D eigenvalue weighted by atomic mass is 35.5. The number of carbonyl (C=O) groups is 2. The molecule has 31 heavy (non-hydrogen) atoms. The fraction of sp³-hybridized carbons (Fsp3) is 0.182. The number of rotatable bonds is 4. The lowest BCUT2D eigenvalue weighted by Crippen LogP contribution is -2.61. The maximum absolute atomic E-state index is 13.4. The van der Waals surface area contributed by atoms with Crippen LogP contribution in [0.5, 0.6) is 0 Å². The van der Waals surface area contributed by atoms with Crippen LogP contribution in [0.4, 0.5) is 10.5 Å². The molecule has 0 spiro atoms. The summed E-state index contributed by atoms with van der Waals surface area (Å²) in [6.45, 7) is 2.00. The van der Waals surface area contributed by atoms with Crippen LogP contribution in [-0.4, -0.2) is 38.3 Å². The summed E-state index contributed by atoms with van der Waals surface area (Å²) in [5, 5.41) is 5.97. The van der Waals surface area contributed by atoms with Gasteiger partial charge in [0.05, 0.1) is 16.8 Å². The van der Waals surface area contributed by atoms with E-state index in [9.17, 15) is 9.59 Å². The number of urea groups is 1. The van der Waals surface area contributed by atoms with E-state index in [0.29, 0.717) is 22.1 Å². The largest absolute Gasteiger partial charge is 0.337 e. The summed E-state index contributed by atoms with van der Waals surface area (Å²) in [5.41, 5.74) is 2.16. The second kappa shape index (κ2) is 7.86. The molecule has 2 atom stereocenters. The van der Waals surface area contributed by atoms with Crippen molar-refractivity contribution in [1.29, 1.82) is 0 Å². The Bertz CT molecular complexity index is 1210. The van der Waals surface area contributed by atoms with E-state index < -0.39 is 11.3 Å². The average molecular weight is 453 g/mol. The Balaban J connectivity index is 1.47.